The summed E-state index contributed by atoms with van der Waals surface area (Å²) in [5.74, 6) is 2.19. The molecule has 0 aliphatic heterocycles. The fourth-order valence-electron chi connectivity index (χ4n) is 3.45. The Kier molecular flexibility index (Phi) is 5.76. The van der Waals surface area contributed by atoms with E-state index in [0.29, 0.717) is 25.0 Å². The number of hydrogen-bond donors (Lipinski definition) is 1. The minimum atomic E-state index is -0.362. The maximum Gasteiger partial charge on any atom is 0.231 e. The molecule has 0 aromatic carbocycles. The molecule has 1 heterocycles. The van der Waals surface area contributed by atoms with Gasteiger partial charge < -0.3 is 15.0 Å². The van der Waals surface area contributed by atoms with Gasteiger partial charge in [0, 0.05) is 13.2 Å². The first kappa shape index (κ1) is 16.4. The molecule has 3 atom stereocenters. The first-order valence-corrected chi connectivity index (χ1v) is 8.33. The Morgan fingerprint density at radius 3 is 2.90 bits per heavy atom. The lowest BCUT2D eigenvalue weighted by atomic mass is 9.78. The van der Waals surface area contributed by atoms with Crippen molar-refractivity contribution in [1.29, 1.82) is 0 Å². The number of ether oxygens (including phenoxy) is 1. The highest BCUT2D eigenvalue weighted by Gasteiger charge is 2.41. The van der Waals surface area contributed by atoms with E-state index in [0.717, 1.165) is 37.9 Å². The SMILES string of the molecule is CCCC(CN)c1nc(C2(OCC)CCCC(C)C2)no1. The number of hydrogen-bond acceptors (Lipinski definition) is 5. The quantitative estimate of drug-likeness (QED) is 0.835. The van der Waals surface area contributed by atoms with Gasteiger partial charge in [-0.1, -0.05) is 31.8 Å². The second-order valence-electron chi connectivity index (χ2n) is 6.31. The predicted molar refractivity (Wildman–Crippen MR) is 81.9 cm³/mol. The molecule has 1 aromatic rings. The van der Waals surface area contributed by atoms with Crippen molar-refractivity contribution in [1.82, 2.24) is 10.1 Å². The molecule has 1 saturated carbocycles. The number of aromatic nitrogens is 2. The third-order valence-corrected chi connectivity index (χ3v) is 4.50. The van der Waals surface area contributed by atoms with E-state index in [1.54, 1.807) is 0 Å². The molecule has 0 radical (unpaired) electrons. The highest BCUT2D eigenvalue weighted by molar-refractivity contribution is 5.06. The van der Waals surface area contributed by atoms with Gasteiger partial charge in [-0.2, -0.15) is 4.98 Å². The molecular formula is C16H29N3O2. The van der Waals surface area contributed by atoms with Crippen molar-refractivity contribution in [3.8, 4) is 0 Å². The molecule has 0 bridgehead atoms. The summed E-state index contributed by atoms with van der Waals surface area (Å²) in [5, 5.41) is 4.25. The molecule has 120 valence electrons. The molecule has 2 N–H and O–H groups in total. The fourth-order valence-corrected chi connectivity index (χ4v) is 3.45. The summed E-state index contributed by atoms with van der Waals surface area (Å²) in [6, 6.07) is 0. The molecule has 1 aromatic heterocycles. The zero-order chi connectivity index (χ0) is 15.3. The molecule has 0 saturated heterocycles. The van der Waals surface area contributed by atoms with Crippen molar-refractivity contribution in [2.75, 3.05) is 13.2 Å². The summed E-state index contributed by atoms with van der Waals surface area (Å²) in [7, 11) is 0. The van der Waals surface area contributed by atoms with Crippen LogP contribution in [0.4, 0.5) is 0 Å². The van der Waals surface area contributed by atoms with Crippen LogP contribution in [0.2, 0.25) is 0 Å². The molecule has 2 rings (SSSR count). The maximum absolute atomic E-state index is 6.10. The van der Waals surface area contributed by atoms with Crippen LogP contribution in [0, 0.1) is 5.92 Å². The van der Waals surface area contributed by atoms with Crippen molar-refractivity contribution in [3.63, 3.8) is 0 Å². The Labute approximate surface area is 127 Å². The molecule has 21 heavy (non-hydrogen) atoms. The standard InChI is InChI=1S/C16H29N3O2/c1-4-7-13(11-17)14-18-15(19-21-14)16(20-5-2)9-6-8-12(3)10-16/h12-13H,4-11,17H2,1-3H3. The van der Waals surface area contributed by atoms with Crippen molar-refractivity contribution >= 4 is 0 Å². The van der Waals surface area contributed by atoms with E-state index in [4.69, 9.17) is 15.0 Å². The van der Waals surface area contributed by atoms with E-state index in [2.05, 4.69) is 24.0 Å². The van der Waals surface area contributed by atoms with Gasteiger partial charge in [0.05, 0.1) is 5.92 Å². The first-order valence-electron chi connectivity index (χ1n) is 8.33. The van der Waals surface area contributed by atoms with E-state index in [-0.39, 0.29) is 11.5 Å². The molecule has 5 nitrogen and oxygen atoms in total. The van der Waals surface area contributed by atoms with Gasteiger partial charge in [0.1, 0.15) is 5.60 Å². The van der Waals surface area contributed by atoms with Crippen LogP contribution in [0.25, 0.3) is 0 Å². The topological polar surface area (TPSA) is 74.2 Å². The zero-order valence-electron chi connectivity index (χ0n) is 13.6. The Hall–Kier alpha value is -0.940. The maximum atomic E-state index is 6.10. The smallest absolute Gasteiger partial charge is 0.231 e. The Balaban J connectivity index is 2.23. The van der Waals surface area contributed by atoms with Crippen LogP contribution in [0.15, 0.2) is 4.52 Å². The van der Waals surface area contributed by atoms with E-state index in [9.17, 15) is 0 Å². The number of nitrogens with two attached hydrogens (primary N) is 1. The van der Waals surface area contributed by atoms with E-state index < -0.39 is 0 Å². The normalized spacial score (nSPS) is 27.7. The van der Waals surface area contributed by atoms with Gasteiger partial charge in [0.2, 0.25) is 11.7 Å². The average molecular weight is 295 g/mol. The van der Waals surface area contributed by atoms with Crippen LogP contribution in [-0.4, -0.2) is 23.3 Å². The lowest BCUT2D eigenvalue weighted by molar-refractivity contribution is -0.0891. The molecule has 1 fully saturated rings. The second kappa shape index (κ2) is 7.36. The lowest BCUT2D eigenvalue weighted by Gasteiger charge is -2.37. The average Bonchev–Trinajstić information content (AvgIpc) is 2.95. The van der Waals surface area contributed by atoms with E-state index in [1.807, 2.05) is 6.92 Å². The monoisotopic (exact) mass is 295 g/mol. The van der Waals surface area contributed by atoms with Gasteiger partial charge in [0.15, 0.2) is 0 Å². The molecule has 0 amide bonds. The van der Waals surface area contributed by atoms with Crippen LogP contribution < -0.4 is 5.73 Å². The Morgan fingerprint density at radius 2 is 2.29 bits per heavy atom. The summed E-state index contributed by atoms with van der Waals surface area (Å²) in [6.45, 7) is 7.67. The van der Waals surface area contributed by atoms with Crippen molar-refractivity contribution < 1.29 is 9.26 Å². The predicted octanol–water partition coefficient (Wildman–Crippen LogP) is 3.35. The molecule has 5 heteroatoms. The van der Waals surface area contributed by atoms with E-state index >= 15 is 0 Å². The highest BCUT2D eigenvalue weighted by Crippen LogP contribution is 2.42. The Bertz CT molecular complexity index is 431. The largest absolute Gasteiger partial charge is 0.367 e. The summed E-state index contributed by atoms with van der Waals surface area (Å²) in [6.07, 6.45) is 6.40. The summed E-state index contributed by atoms with van der Waals surface area (Å²) in [4.78, 5) is 4.67. The van der Waals surface area contributed by atoms with Crippen LogP contribution in [0.1, 0.15) is 76.9 Å². The molecule has 0 spiro atoms. The number of rotatable bonds is 7. The fraction of sp³-hybridized carbons (Fsp3) is 0.875. The van der Waals surface area contributed by atoms with Crippen LogP contribution in [0.3, 0.4) is 0 Å². The Morgan fingerprint density at radius 1 is 1.48 bits per heavy atom. The molecule has 1 aliphatic rings. The van der Waals surface area contributed by atoms with Crippen LogP contribution in [-0.2, 0) is 10.3 Å². The minimum Gasteiger partial charge on any atom is -0.367 e. The third-order valence-electron chi connectivity index (χ3n) is 4.50. The van der Waals surface area contributed by atoms with Gasteiger partial charge in [-0.15, -0.1) is 0 Å². The van der Waals surface area contributed by atoms with Gasteiger partial charge >= 0.3 is 0 Å². The summed E-state index contributed by atoms with van der Waals surface area (Å²) >= 11 is 0. The first-order chi connectivity index (χ1) is 10.1. The highest BCUT2D eigenvalue weighted by atomic mass is 16.5. The minimum absolute atomic E-state index is 0.163. The number of nitrogens with zero attached hydrogens (tertiary/aromatic N) is 2. The van der Waals surface area contributed by atoms with E-state index in [1.165, 1.54) is 6.42 Å². The zero-order valence-corrected chi connectivity index (χ0v) is 13.6. The van der Waals surface area contributed by atoms with Crippen molar-refractivity contribution in [2.45, 2.75) is 70.8 Å². The van der Waals surface area contributed by atoms with Crippen molar-refractivity contribution in [2.24, 2.45) is 11.7 Å². The third kappa shape index (κ3) is 3.64. The molecular weight excluding hydrogens is 266 g/mol. The summed E-state index contributed by atoms with van der Waals surface area (Å²) < 4.78 is 11.6. The van der Waals surface area contributed by atoms with Gasteiger partial charge in [-0.25, -0.2) is 0 Å². The van der Waals surface area contributed by atoms with Crippen LogP contribution in [0.5, 0.6) is 0 Å². The molecule has 3 unspecified atom stereocenters. The van der Waals surface area contributed by atoms with Crippen molar-refractivity contribution in [3.05, 3.63) is 11.7 Å². The van der Waals surface area contributed by atoms with Crippen LogP contribution >= 0.6 is 0 Å². The second-order valence-corrected chi connectivity index (χ2v) is 6.31. The lowest BCUT2D eigenvalue weighted by Crippen LogP contribution is -2.36. The molecule has 1 aliphatic carbocycles. The van der Waals surface area contributed by atoms with Gasteiger partial charge in [-0.3, -0.25) is 0 Å². The van der Waals surface area contributed by atoms with Gasteiger partial charge in [0.25, 0.3) is 0 Å². The summed E-state index contributed by atoms with van der Waals surface area (Å²) in [5.41, 5.74) is 5.47. The van der Waals surface area contributed by atoms with Gasteiger partial charge in [-0.05, 0) is 38.5 Å².